The van der Waals surface area contributed by atoms with Gasteiger partial charge in [-0.2, -0.15) is 0 Å². The monoisotopic (exact) mass is 632 g/mol. The fraction of sp³-hybridized carbons (Fsp3) is 0.106. The smallest absolute Gasteiger partial charge is 0.0817 e. The Kier molecular flexibility index (Phi) is 8.05. The molecule has 0 fully saturated rings. The fourth-order valence-electron chi connectivity index (χ4n) is 7.46. The van der Waals surface area contributed by atoms with E-state index in [0.717, 1.165) is 16.7 Å². The summed E-state index contributed by atoms with van der Waals surface area (Å²) in [5.74, 6) is 0. The number of benzene rings is 7. The van der Waals surface area contributed by atoms with E-state index in [9.17, 15) is 0 Å². The highest BCUT2D eigenvalue weighted by atomic mass is 15.0. The molecule has 0 heterocycles. The molecule has 1 aliphatic carbocycles. The zero-order valence-corrected chi connectivity index (χ0v) is 28.0. The highest BCUT2D eigenvalue weighted by Gasteiger charge is 2.37. The maximum Gasteiger partial charge on any atom is 0.0817 e. The van der Waals surface area contributed by atoms with Crippen molar-refractivity contribution in [2.75, 3.05) is 0 Å². The van der Waals surface area contributed by atoms with Crippen LogP contribution in [-0.4, -0.2) is 0 Å². The molecule has 49 heavy (non-hydrogen) atoms. The molecular weight excluding hydrogens is 593 g/mol. The molecule has 0 radical (unpaired) electrons. The third-order valence-electron chi connectivity index (χ3n) is 10.1. The zero-order chi connectivity index (χ0) is 33.4. The molecule has 7 aromatic rings. The van der Waals surface area contributed by atoms with Crippen LogP contribution in [0.2, 0.25) is 0 Å². The van der Waals surface area contributed by atoms with Crippen LogP contribution in [0.1, 0.15) is 53.9 Å². The van der Waals surface area contributed by atoms with E-state index in [-0.39, 0.29) is 17.6 Å². The molecule has 2 nitrogen and oxygen atoms in total. The molecule has 0 aliphatic heterocycles. The van der Waals surface area contributed by atoms with Crippen molar-refractivity contribution in [3.05, 3.63) is 198 Å². The quantitative estimate of drug-likeness (QED) is 0.164. The van der Waals surface area contributed by atoms with Crippen LogP contribution in [0.25, 0.3) is 50.2 Å². The Morgan fingerprint density at radius 1 is 0.531 bits per heavy atom. The lowest BCUT2D eigenvalue weighted by Crippen LogP contribution is -2.31. The maximum atomic E-state index is 6.73. The van der Waals surface area contributed by atoms with E-state index >= 15 is 0 Å². The highest BCUT2D eigenvalue weighted by Crippen LogP contribution is 2.53. The van der Waals surface area contributed by atoms with E-state index in [4.69, 9.17) is 5.73 Å². The second kappa shape index (κ2) is 12.8. The average Bonchev–Trinajstić information content (AvgIpc) is 3.38. The van der Waals surface area contributed by atoms with Crippen LogP contribution < -0.4 is 11.1 Å². The standard InChI is InChI=1S/C47H40N2/c1-47(2)42-22-12-21-40(45(42)41-30-37-18-9-10-19-38(37)31-43(41)47)39-20-11-13-32(29-39)23-28-44(49-46(48)36-16-7-4-8-17-36)35-26-24-34(25-27-35)33-14-5-3-6-15-33/h3-31,44,46,49H,48H2,1-2H3/b28-23+. The number of hydrogen-bond donors (Lipinski definition) is 2. The van der Waals surface area contributed by atoms with Crippen molar-refractivity contribution < 1.29 is 0 Å². The topological polar surface area (TPSA) is 38.0 Å². The van der Waals surface area contributed by atoms with Crippen molar-refractivity contribution in [1.82, 2.24) is 5.32 Å². The molecule has 0 bridgehead atoms. The third kappa shape index (κ3) is 5.91. The molecule has 7 aromatic carbocycles. The molecule has 1 aliphatic rings. The van der Waals surface area contributed by atoms with Crippen LogP contribution in [0.3, 0.4) is 0 Å². The first-order valence-electron chi connectivity index (χ1n) is 17.1. The Hall–Kier alpha value is -5.54. The predicted molar refractivity (Wildman–Crippen MR) is 207 cm³/mol. The molecule has 2 atom stereocenters. The zero-order valence-electron chi connectivity index (χ0n) is 28.0. The van der Waals surface area contributed by atoms with Gasteiger partial charge in [-0.3, -0.25) is 5.32 Å². The molecule has 238 valence electrons. The molecule has 2 heteroatoms. The molecule has 0 saturated carbocycles. The Balaban J connectivity index is 1.15. The summed E-state index contributed by atoms with van der Waals surface area (Å²) in [4.78, 5) is 0. The Morgan fingerprint density at radius 2 is 1.16 bits per heavy atom. The van der Waals surface area contributed by atoms with Crippen LogP contribution in [0, 0.1) is 0 Å². The molecule has 2 unspecified atom stereocenters. The highest BCUT2D eigenvalue weighted by molar-refractivity contribution is 5.98. The summed E-state index contributed by atoms with van der Waals surface area (Å²) in [6.45, 7) is 4.71. The minimum atomic E-state index is -0.317. The van der Waals surface area contributed by atoms with Gasteiger partial charge in [0.05, 0.1) is 12.2 Å². The van der Waals surface area contributed by atoms with E-state index < -0.39 is 0 Å². The lowest BCUT2D eigenvalue weighted by molar-refractivity contribution is 0.509. The second-order valence-corrected chi connectivity index (χ2v) is 13.6. The van der Waals surface area contributed by atoms with Gasteiger partial charge in [0.15, 0.2) is 0 Å². The van der Waals surface area contributed by atoms with Gasteiger partial charge in [0.1, 0.15) is 0 Å². The first-order chi connectivity index (χ1) is 24.0. The van der Waals surface area contributed by atoms with Crippen molar-refractivity contribution in [3.8, 4) is 33.4 Å². The predicted octanol–water partition coefficient (Wildman–Crippen LogP) is 11.5. The summed E-state index contributed by atoms with van der Waals surface area (Å²) < 4.78 is 0. The van der Waals surface area contributed by atoms with Crippen LogP contribution in [0.15, 0.2) is 170 Å². The van der Waals surface area contributed by atoms with E-state index in [1.54, 1.807) is 0 Å². The maximum absolute atomic E-state index is 6.73. The van der Waals surface area contributed by atoms with Crippen LogP contribution in [0.5, 0.6) is 0 Å². The van der Waals surface area contributed by atoms with Gasteiger partial charge in [0.25, 0.3) is 0 Å². The number of nitrogens with two attached hydrogens (primary N) is 1. The van der Waals surface area contributed by atoms with Crippen molar-refractivity contribution in [2.45, 2.75) is 31.5 Å². The lowest BCUT2D eigenvalue weighted by Gasteiger charge is -2.22. The molecule has 3 N–H and O–H groups in total. The van der Waals surface area contributed by atoms with E-state index in [1.807, 2.05) is 18.2 Å². The van der Waals surface area contributed by atoms with Gasteiger partial charge >= 0.3 is 0 Å². The first-order valence-corrected chi connectivity index (χ1v) is 17.1. The van der Waals surface area contributed by atoms with Gasteiger partial charge in [-0.25, -0.2) is 0 Å². The average molecular weight is 633 g/mol. The molecule has 8 rings (SSSR count). The number of fused-ring (bicyclic) bond motifs is 4. The van der Waals surface area contributed by atoms with Gasteiger partial charge in [0, 0.05) is 5.41 Å². The van der Waals surface area contributed by atoms with E-state index in [2.05, 4.69) is 177 Å². The minimum absolute atomic E-state index is 0.0747. The van der Waals surface area contributed by atoms with Crippen LogP contribution in [-0.2, 0) is 5.41 Å². The Labute approximate surface area is 289 Å². The Bertz CT molecular complexity index is 2280. The molecule has 0 spiro atoms. The number of hydrogen-bond acceptors (Lipinski definition) is 2. The molecule has 0 aromatic heterocycles. The summed E-state index contributed by atoms with van der Waals surface area (Å²) in [6, 6.07) is 58.6. The lowest BCUT2D eigenvalue weighted by atomic mass is 9.81. The largest absolute Gasteiger partial charge is 0.312 e. The SMILES string of the molecule is CC1(C)c2cc3ccccc3cc2-c2c(-c3cccc(/C=C/C(NC(N)c4ccccc4)c4ccc(-c5ccccc5)cc4)c3)cccc21. The fourth-order valence-corrected chi connectivity index (χ4v) is 7.46. The van der Waals surface area contributed by atoms with E-state index in [1.165, 1.54) is 55.3 Å². The van der Waals surface area contributed by atoms with E-state index in [0.29, 0.717) is 0 Å². The van der Waals surface area contributed by atoms with Crippen LogP contribution in [0.4, 0.5) is 0 Å². The van der Waals surface area contributed by atoms with Gasteiger partial charge < -0.3 is 5.73 Å². The normalized spacial score (nSPS) is 14.4. The third-order valence-corrected chi connectivity index (χ3v) is 10.1. The van der Waals surface area contributed by atoms with Crippen molar-refractivity contribution >= 4 is 16.8 Å². The summed E-state index contributed by atoms with van der Waals surface area (Å²) in [7, 11) is 0. The number of nitrogens with one attached hydrogen (secondary N) is 1. The van der Waals surface area contributed by atoms with Gasteiger partial charge in [-0.1, -0.05) is 172 Å². The van der Waals surface area contributed by atoms with Crippen LogP contribution >= 0.6 is 0 Å². The summed E-state index contributed by atoms with van der Waals surface area (Å²) >= 11 is 0. The van der Waals surface area contributed by atoms with Crippen molar-refractivity contribution in [3.63, 3.8) is 0 Å². The summed E-state index contributed by atoms with van der Waals surface area (Å²) in [6.07, 6.45) is 4.14. The molecule has 0 amide bonds. The number of rotatable bonds is 8. The van der Waals surface area contributed by atoms with Crippen molar-refractivity contribution in [2.24, 2.45) is 5.73 Å². The first kappa shape index (κ1) is 30.8. The minimum Gasteiger partial charge on any atom is -0.312 e. The Morgan fingerprint density at radius 3 is 1.92 bits per heavy atom. The van der Waals surface area contributed by atoms with Gasteiger partial charge in [0.2, 0.25) is 0 Å². The summed E-state index contributed by atoms with van der Waals surface area (Å²) in [5.41, 5.74) is 20.4. The second-order valence-electron chi connectivity index (χ2n) is 13.6. The van der Waals surface area contributed by atoms with Gasteiger partial charge in [-0.15, -0.1) is 0 Å². The van der Waals surface area contributed by atoms with Crippen molar-refractivity contribution in [1.29, 1.82) is 0 Å². The molecular formula is C47H40N2. The summed E-state index contributed by atoms with van der Waals surface area (Å²) in [5, 5.41) is 6.26. The molecule has 0 saturated heterocycles. The van der Waals surface area contributed by atoms with Gasteiger partial charge in [-0.05, 0) is 90.2 Å².